The van der Waals surface area contributed by atoms with E-state index in [-0.39, 0.29) is 76.4 Å². The number of phenolic OH excluding ortho intramolecular Hbond substituents is 1. The third-order valence-corrected chi connectivity index (χ3v) is 18.9. The molecule has 10 heterocycles. The van der Waals surface area contributed by atoms with Crippen LogP contribution < -0.4 is 19.3 Å². The minimum Gasteiger partial charge on any atom is -0.508 e. The zero-order valence-corrected chi connectivity index (χ0v) is 53.1. The summed E-state index contributed by atoms with van der Waals surface area (Å²) in [6, 6.07) is 22.2. The van der Waals surface area contributed by atoms with Crippen molar-refractivity contribution in [2.75, 3.05) is 90.5 Å². The Morgan fingerprint density at radius 2 is 1.25 bits per heavy atom. The molecule has 14 rings (SSSR count). The van der Waals surface area contributed by atoms with Crippen LogP contribution in [0.4, 0.5) is 29.2 Å². The summed E-state index contributed by atoms with van der Waals surface area (Å²) < 4.78 is 68.0. The van der Waals surface area contributed by atoms with Crippen molar-refractivity contribution >= 4 is 90.0 Å². The number of nitriles is 1. The van der Waals surface area contributed by atoms with E-state index in [4.69, 9.17) is 32.7 Å². The van der Waals surface area contributed by atoms with E-state index in [2.05, 4.69) is 58.9 Å². The lowest BCUT2D eigenvalue weighted by Crippen LogP contribution is -2.53. The average Bonchev–Trinajstić information content (AvgIpc) is 0.968. The number of halogens is 6. The van der Waals surface area contributed by atoms with Crippen LogP contribution in [0.25, 0.3) is 65.9 Å². The molecule has 0 aliphatic carbocycles. The number of rotatable bonds is 12. The predicted octanol–water partition coefficient (Wildman–Crippen LogP) is 12.0. The number of hydrogen-bond acceptors (Lipinski definition) is 16. The summed E-state index contributed by atoms with van der Waals surface area (Å²) in [4.78, 5) is 62.3. The number of carbonyl (C=O) groups excluding carboxylic acids is 2. The van der Waals surface area contributed by atoms with Crippen molar-refractivity contribution in [2.45, 2.75) is 87.9 Å². The van der Waals surface area contributed by atoms with E-state index in [1.54, 1.807) is 52.4 Å². The molecular formula is C68H71Cl2F4N13O5. The number of methoxy groups -OCH3 is 2. The van der Waals surface area contributed by atoms with Gasteiger partial charge in [0, 0.05) is 128 Å². The summed E-state index contributed by atoms with van der Waals surface area (Å²) >= 11 is 12.9. The normalized spacial score (nSPS) is 20.9. The summed E-state index contributed by atoms with van der Waals surface area (Å²) in [5, 5.41) is 24.0. The van der Waals surface area contributed by atoms with Crippen LogP contribution in [-0.2, 0) is 9.59 Å². The third-order valence-electron chi connectivity index (χ3n) is 18.2. The number of likely N-dealkylation sites (N-methyl/N-ethyl adjacent to an activating group) is 1. The van der Waals surface area contributed by atoms with Crippen LogP contribution in [0.5, 0.6) is 17.8 Å². The van der Waals surface area contributed by atoms with Gasteiger partial charge in [-0.05, 0) is 105 Å². The summed E-state index contributed by atoms with van der Waals surface area (Å²) in [5.41, 5.74) is 1.11. The van der Waals surface area contributed by atoms with Gasteiger partial charge in [-0.15, -0.1) is 0 Å². The van der Waals surface area contributed by atoms with Gasteiger partial charge in [-0.3, -0.25) is 29.4 Å². The molecule has 1 N–H and O–H groups in total. The number of benzene rings is 4. The second-order valence-corrected chi connectivity index (χ2v) is 24.9. The van der Waals surface area contributed by atoms with Crippen LogP contribution in [-0.4, -0.2) is 184 Å². The number of amides is 2. The molecule has 0 radical (unpaired) electrons. The number of ether oxygens (including phenoxy) is 2. The molecule has 6 aliphatic heterocycles. The Morgan fingerprint density at radius 1 is 0.717 bits per heavy atom. The molecule has 6 fully saturated rings. The van der Waals surface area contributed by atoms with E-state index in [1.807, 2.05) is 48.2 Å². The molecule has 6 aliphatic rings. The fraction of sp³-hybridized carbons (Fsp3) is 0.397. The van der Waals surface area contributed by atoms with Crippen LogP contribution in [0, 0.1) is 28.9 Å². The van der Waals surface area contributed by atoms with Crippen LogP contribution in [0.15, 0.2) is 104 Å². The average molecular weight is 1300 g/mol. The summed E-state index contributed by atoms with van der Waals surface area (Å²) in [6.07, 6.45) is 12.0. The minimum atomic E-state index is -0.680. The first-order chi connectivity index (χ1) is 44.4. The molecule has 92 heavy (non-hydrogen) atoms. The van der Waals surface area contributed by atoms with Crippen molar-refractivity contribution in [2.24, 2.45) is 5.92 Å². The smallest absolute Gasteiger partial charge is 0.318 e. The van der Waals surface area contributed by atoms with Gasteiger partial charge in [0.15, 0.2) is 11.6 Å². The zero-order valence-electron chi connectivity index (χ0n) is 51.6. The topological polar surface area (TPSA) is 193 Å². The Labute approximate surface area is 540 Å². The van der Waals surface area contributed by atoms with Crippen LogP contribution in [0.1, 0.15) is 51.4 Å². The molecule has 4 aromatic heterocycles. The molecule has 0 saturated carbocycles. The first-order valence-corrected chi connectivity index (χ1v) is 31.5. The molecule has 18 nitrogen and oxygen atoms in total. The van der Waals surface area contributed by atoms with Crippen LogP contribution >= 0.6 is 23.2 Å². The van der Waals surface area contributed by atoms with Gasteiger partial charge in [-0.1, -0.05) is 78.8 Å². The Kier molecular flexibility index (Phi) is 19.9. The Morgan fingerprint density at radius 3 is 1.80 bits per heavy atom. The number of carbonyl (C=O) groups is 2. The van der Waals surface area contributed by atoms with Gasteiger partial charge >= 0.3 is 12.0 Å². The Hall–Kier alpha value is -8.49. The molecule has 2 amide bonds. The molecule has 480 valence electrons. The maximum absolute atomic E-state index is 16.2. The number of nitrogens with zero attached hydrogens (tertiary/aromatic N) is 13. The zero-order chi connectivity index (χ0) is 65.1. The molecule has 0 spiro atoms. The first kappa shape index (κ1) is 65.0. The summed E-state index contributed by atoms with van der Waals surface area (Å²) in [5.74, 6) is -0.571. The number of phenols is 1. The molecule has 4 aromatic carbocycles. The quantitative estimate of drug-likeness (QED) is 0.0896. The van der Waals surface area contributed by atoms with E-state index in [1.165, 1.54) is 64.3 Å². The van der Waals surface area contributed by atoms with Gasteiger partial charge in [0.25, 0.3) is 0 Å². The van der Waals surface area contributed by atoms with Crippen LogP contribution in [0.2, 0.25) is 10.0 Å². The largest absolute Gasteiger partial charge is 0.508 e. The van der Waals surface area contributed by atoms with Gasteiger partial charge in [-0.2, -0.15) is 25.2 Å². The van der Waals surface area contributed by atoms with Crippen molar-refractivity contribution < 1.29 is 41.7 Å². The van der Waals surface area contributed by atoms with E-state index >= 15 is 8.78 Å². The maximum atomic E-state index is 16.2. The fourth-order valence-corrected chi connectivity index (χ4v) is 14.3. The lowest BCUT2D eigenvalue weighted by atomic mass is 9.99. The molecule has 6 atom stereocenters. The predicted molar refractivity (Wildman–Crippen MR) is 350 cm³/mol. The molecule has 6 unspecified atom stereocenters. The number of aromatic hydroxyl groups is 1. The van der Waals surface area contributed by atoms with E-state index in [0.717, 1.165) is 31.3 Å². The highest BCUT2D eigenvalue weighted by molar-refractivity contribution is 6.37. The number of alkyl halides is 2. The third kappa shape index (κ3) is 13.4. The molecule has 0 bridgehead atoms. The van der Waals surface area contributed by atoms with Crippen molar-refractivity contribution in [3.63, 3.8) is 0 Å². The minimum absolute atomic E-state index is 0.00283. The molecule has 6 saturated heterocycles. The molecular weight excluding hydrogens is 1230 g/mol. The highest BCUT2D eigenvalue weighted by Crippen LogP contribution is 2.42. The van der Waals surface area contributed by atoms with Gasteiger partial charge in [0.05, 0.1) is 37.5 Å². The number of likely N-dealkylation sites (tertiary alicyclic amines) is 2. The Bertz CT molecular complexity index is 4100. The summed E-state index contributed by atoms with van der Waals surface area (Å²) in [6.45, 7) is 13.0. The lowest BCUT2D eigenvalue weighted by Gasteiger charge is -2.40. The summed E-state index contributed by atoms with van der Waals surface area (Å²) in [7, 11) is 6.48. The first-order valence-electron chi connectivity index (χ1n) is 30.7. The van der Waals surface area contributed by atoms with Crippen molar-refractivity contribution in [3.8, 4) is 46.4 Å². The fourth-order valence-electron chi connectivity index (χ4n) is 13.8. The second kappa shape index (κ2) is 28.2. The second-order valence-electron chi connectivity index (χ2n) is 24.1. The van der Waals surface area contributed by atoms with E-state index in [9.17, 15) is 28.7 Å². The number of aromatic nitrogens is 6. The number of anilines is 2. The number of fused-ring (bicyclic) bond motifs is 6. The molecule has 8 aromatic rings. The standard InChI is InChI=1S/C28H24ClFN6O2.C26H23ClFN5O3.2C7H12FN/c1-4-22(37)36-15-18(13-17(36)11-12-31)35(2)27-20-14-32-25(24(30)26(20)33-28(34-27)38-3)19-9-5-7-16-8-6-10-21(29)23(16)19;1-4-20(35)33-12-14(13-33)11-32(2)25-18-10-29-23(22(28)24(18)30-26(31-25)36-3)17-9-16(34)8-15-6-5-7-19(27)21(15)17;2*8-6-4-7-2-1-3-9(7)5-6/h4-10,14,17-18H,1,11,13,15H2,2-3H3;4-10,14,34H,1,11-13H2,2-3H3;2*6-7H,1-5H2. The monoisotopic (exact) mass is 1300 g/mol. The van der Waals surface area contributed by atoms with E-state index < -0.39 is 24.0 Å². The van der Waals surface area contributed by atoms with Crippen molar-refractivity contribution in [1.82, 2.24) is 49.5 Å². The van der Waals surface area contributed by atoms with E-state index in [0.29, 0.717) is 118 Å². The SMILES string of the molecule is C=CC(=O)N1CC(CN(C)c2nc(OC)nc3c(F)c(-c4cc(O)cc5cccc(Cl)c45)ncc23)C1.C=CC(=O)N1CC(N(C)c2nc(OC)nc3c(F)c(-c4cccc5cccc(Cl)c45)ncc23)CC1CC#N.FC1CC2CCCN2C1.FC1CC2CCCN2C1. The van der Waals surface area contributed by atoms with Gasteiger partial charge in [0.2, 0.25) is 11.8 Å². The van der Waals surface area contributed by atoms with Gasteiger partial charge in [-0.25, -0.2) is 17.6 Å². The van der Waals surface area contributed by atoms with Gasteiger partial charge < -0.3 is 34.2 Å². The maximum Gasteiger partial charge on any atom is 0.318 e. The van der Waals surface area contributed by atoms with Crippen LogP contribution in [0.3, 0.4) is 0 Å². The highest BCUT2D eigenvalue weighted by atomic mass is 35.5. The Balaban J connectivity index is 0.000000147. The number of hydrogen-bond donors (Lipinski definition) is 1. The lowest BCUT2D eigenvalue weighted by molar-refractivity contribution is -0.131. The number of pyridine rings is 2. The van der Waals surface area contributed by atoms with Crippen molar-refractivity contribution in [1.29, 1.82) is 5.26 Å². The molecule has 24 heteroatoms. The van der Waals surface area contributed by atoms with Gasteiger partial charge in [0.1, 0.15) is 52.1 Å². The van der Waals surface area contributed by atoms with Crippen molar-refractivity contribution in [3.05, 3.63) is 126 Å². The highest BCUT2D eigenvalue weighted by Gasteiger charge is 2.39.